The first-order chi connectivity index (χ1) is 14.3. The number of carbonyl (C=O) groups excluding carboxylic acids is 1. The van der Waals surface area contributed by atoms with E-state index in [1.54, 1.807) is 6.92 Å². The standard InChI is InChI=1S/C26H34N2O2/c1-17-18(2)25-23(19(3)24(17)27-20(4)29)15-26(5,30-25)16-28-13-11-22(12-14-28)21-9-7-6-8-10-21/h6-10,22H,11-16H2,1-5H3,(H,27,29). The van der Waals surface area contributed by atoms with Crippen molar-refractivity contribution in [2.24, 2.45) is 0 Å². The normalized spacial score (nSPS) is 21.9. The number of likely N-dealkylation sites (tertiary alicyclic amines) is 1. The highest BCUT2D eigenvalue weighted by Crippen LogP contribution is 2.45. The van der Waals surface area contributed by atoms with E-state index in [0.29, 0.717) is 5.92 Å². The molecule has 0 bridgehead atoms. The van der Waals surface area contributed by atoms with E-state index >= 15 is 0 Å². The number of nitrogens with one attached hydrogen (secondary N) is 1. The summed E-state index contributed by atoms with van der Waals surface area (Å²) >= 11 is 0. The summed E-state index contributed by atoms with van der Waals surface area (Å²) in [5, 5.41) is 3.04. The number of hydrogen-bond acceptors (Lipinski definition) is 3. The van der Waals surface area contributed by atoms with Crippen LogP contribution in [0.3, 0.4) is 0 Å². The quantitative estimate of drug-likeness (QED) is 0.764. The zero-order chi connectivity index (χ0) is 21.5. The third-order valence-corrected chi connectivity index (χ3v) is 7.00. The number of hydrogen-bond donors (Lipinski definition) is 1. The first-order valence-electron chi connectivity index (χ1n) is 11.1. The lowest BCUT2D eigenvalue weighted by atomic mass is 9.88. The second-order valence-corrected chi connectivity index (χ2v) is 9.43. The van der Waals surface area contributed by atoms with Gasteiger partial charge in [-0.2, -0.15) is 0 Å². The molecule has 2 aromatic carbocycles. The van der Waals surface area contributed by atoms with Crippen molar-refractivity contribution in [2.45, 2.75) is 65.4 Å². The van der Waals surface area contributed by atoms with E-state index < -0.39 is 0 Å². The lowest BCUT2D eigenvalue weighted by molar-refractivity contribution is -0.114. The Balaban J connectivity index is 1.46. The Kier molecular flexibility index (Phi) is 5.63. The third kappa shape index (κ3) is 3.98. The van der Waals surface area contributed by atoms with E-state index in [9.17, 15) is 4.79 Å². The van der Waals surface area contributed by atoms with Gasteiger partial charge in [0, 0.05) is 31.1 Å². The first kappa shape index (κ1) is 20.9. The molecule has 1 unspecified atom stereocenters. The van der Waals surface area contributed by atoms with Crippen LogP contribution in [0.15, 0.2) is 30.3 Å². The van der Waals surface area contributed by atoms with E-state index in [1.165, 1.54) is 24.0 Å². The van der Waals surface area contributed by atoms with Crippen LogP contribution in [0.25, 0.3) is 0 Å². The van der Waals surface area contributed by atoms with Crippen LogP contribution in [0.4, 0.5) is 5.69 Å². The summed E-state index contributed by atoms with van der Waals surface area (Å²) in [6.07, 6.45) is 3.30. The summed E-state index contributed by atoms with van der Waals surface area (Å²) in [6, 6.07) is 10.9. The number of rotatable bonds is 4. The van der Waals surface area contributed by atoms with Gasteiger partial charge in [-0.05, 0) is 81.8 Å². The van der Waals surface area contributed by atoms with Crippen molar-refractivity contribution in [3.63, 3.8) is 0 Å². The Morgan fingerprint density at radius 2 is 1.77 bits per heavy atom. The molecule has 4 nitrogen and oxygen atoms in total. The van der Waals surface area contributed by atoms with Crippen molar-refractivity contribution >= 4 is 11.6 Å². The fourth-order valence-electron chi connectivity index (χ4n) is 5.27. The summed E-state index contributed by atoms with van der Waals surface area (Å²) in [5.74, 6) is 1.67. The molecule has 0 saturated carbocycles. The molecule has 0 radical (unpaired) electrons. The van der Waals surface area contributed by atoms with Crippen molar-refractivity contribution in [1.82, 2.24) is 4.90 Å². The van der Waals surface area contributed by atoms with Gasteiger partial charge >= 0.3 is 0 Å². The van der Waals surface area contributed by atoms with Crippen LogP contribution in [-0.2, 0) is 11.2 Å². The molecule has 2 aromatic rings. The van der Waals surface area contributed by atoms with Crippen LogP contribution in [0.1, 0.15) is 60.4 Å². The van der Waals surface area contributed by atoms with E-state index in [1.807, 2.05) is 0 Å². The maximum atomic E-state index is 11.7. The van der Waals surface area contributed by atoms with Gasteiger partial charge in [-0.3, -0.25) is 9.69 Å². The van der Waals surface area contributed by atoms with Crippen molar-refractivity contribution in [1.29, 1.82) is 0 Å². The van der Waals surface area contributed by atoms with E-state index in [4.69, 9.17) is 4.74 Å². The Morgan fingerprint density at radius 1 is 1.10 bits per heavy atom. The molecule has 2 aliphatic rings. The molecule has 0 aliphatic carbocycles. The number of ether oxygens (including phenoxy) is 1. The Labute approximate surface area is 180 Å². The van der Waals surface area contributed by atoms with Crippen LogP contribution >= 0.6 is 0 Å². The topological polar surface area (TPSA) is 41.6 Å². The van der Waals surface area contributed by atoms with Gasteiger partial charge in [0.1, 0.15) is 11.4 Å². The molecular weight excluding hydrogens is 372 g/mol. The monoisotopic (exact) mass is 406 g/mol. The molecule has 1 fully saturated rings. The Bertz CT molecular complexity index is 945. The molecule has 1 saturated heterocycles. The number of benzene rings is 2. The molecule has 160 valence electrons. The van der Waals surface area contributed by atoms with Crippen molar-refractivity contribution in [3.05, 3.63) is 58.1 Å². The highest BCUT2D eigenvalue weighted by Gasteiger charge is 2.40. The van der Waals surface area contributed by atoms with Crippen LogP contribution in [-0.4, -0.2) is 36.0 Å². The Hall–Kier alpha value is -2.33. The predicted molar refractivity (Wildman–Crippen MR) is 123 cm³/mol. The smallest absolute Gasteiger partial charge is 0.221 e. The summed E-state index contributed by atoms with van der Waals surface area (Å²) < 4.78 is 6.61. The third-order valence-electron chi connectivity index (χ3n) is 7.00. The van der Waals surface area contributed by atoms with E-state index in [2.05, 4.69) is 68.2 Å². The molecule has 1 atom stereocenters. The van der Waals surface area contributed by atoms with Gasteiger partial charge in [-0.15, -0.1) is 0 Å². The molecule has 0 aromatic heterocycles. The van der Waals surface area contributed by atoms with Crippen LogP contribution in [0.2, 0.25) is 0 Å². The highest BCUT2D eigenvalue weighted by molar-refractivity contribution is 5.91. The average Bonchev–Trinajstić information content (AvgIpc) is 3.08. The van der Waals surface area contributed by atoms with Crippen molar-refractivity contribution < 1.29 is 9.53 Å². The highest BCUT2D eigenvalue weighted by atomic mass is 16.5. The van der Waals surface area contributed by atoms with Gasteiger partial charge in [-0.1, -0.05) is 30.3 Å². The number of piperidine rings is 1. The van der Waals surface area contributed by atoms with Gasteiger partial charge < -0.3 is 10.1 Å². The van der Waals surface area contributed by atoms with E-state index in [-0.39, 0.29) is 11.5 Å². The molecular formula is C26H34N2O2. The Morgan fingerprint density at radius 3 is 2.40 bits per heavy atom. The number of amides is 1. The van der Waals surface area contributed by atoms with Gasteiger partial charge in [0.2, 0.25) is 5.91 Å². The zero-order valence-corrected chi connectivity index (χ0v) is 19.0. The van der Waals surface area contributed by atoms with Crippen LogP contribution < -0.4 is 10.1 Å². The maximum Gasteiger partial charge on any atom is 0.221 e. The predicted octanol–water partition coefficient (Wildman–Crippen LogP) is 5.14. The lowest BCUT2D eigenvalue weighted by Gasteiger charge is -2.37. The molecule has 1 amide bonds. The average molecular weight is 407 g/mol. The molecule has 2 aliphatic heterocycles. The fourth-order valence-corrected chi connectivity index (χ4v) is 5.27. The largest absolute Gasteiger partial charge is 0.485 e. The first-order valence-corrected chi connectivity index (χ1v) is 11.1. The minimum absolute atomic E-state index is 0.0245. The minimum atomic E-state index is -0.223. The zero-order valence-electron chi connectivity index (χ0n) is 19.0. The second kappa shape index (κ2) is 8.07. The number of carbonyl (C=O) groups is 1. The van der Waals surface area contributed by atoms with Crippen LogP contribution in [0, 0.1) is 20.8 Å². The lowest BCUT2D eigenvalue weighted by Crippen LogP contribution is -2.47. The molecule has 4 heteroatoms. The van der Waals surface area contributed by atoms with Crippen molar-refractivity contribution in [2.75, 3.05) is 25.0 Å². The second-order valence-electron chi connectivity index (χ2n) is 9.43. The van der Waals surface area contributed by atoms with Gasteiger partial charge in [0.15, 0.2) is 0 Å². The summed E-state index contributed by atoms with van der Waals surface area (Å²) in [7, 11) is 0. The molecule has 1 N–H and O–H groups in total. The van der Waals surface area contributed by atoms with E-state index in [0.717, 1.165) is 54.2 Å². The van der Waals surface area contributed by atoms with Gasteiger partial charge in [-0.25, -0.2) is 0 Å². The summed E-state index contributed by atoms with van der Waals surface area (Å²) in [4.78, 5) is 14.3. The fraction of sp³-hybridized carbons (Fsp3) is 0.500. The molecule has 4 rings (SSSR count). The molecule has 30 heavy (non-hydrogen) atoms. The summed E-state index contributed by atoms with van der Waals surface area (Å²) in [6.45, 7) is 13.3. The number of fused-ring (bicyclic) bond motifs is 1. The summed E-state index contributed by atoms with van der Waals surface area (Å²) in [5.41, 5.74) is 6.85. The number of anilines is 1. The molecule has 0 spiro atoms. The van der Waals surface area contributed by atoms with Crippen molar-refractivity contribution in [3.8, 4) is 5.75 Å². The van der Waals surface area contributed by atoms with Gasteiger partial charge in [0.25, 0.3) is 0 Å². The number of nitrogens with zero attached hydrogens (tertiary/aromatic N) is 1. The molecule has 2 heterocycles. The maximum absolute atomic E-state index is 11.7. The van der Waals surface area contributed by atoms with Gasteiger partial charge in [0.05, 0.1) is 0 Å². The SMILES string of the molecule is CC(=O)Nc1c(C)c(C)c2c(c1C)CC(C)(CN1CCC(c3ccccc3)CC1)O2. The minimum Gasteiger partial charge on any atom is -0.485 e. The van der Waals surface area contributed by atoms with Crippen LogP contribution in [0.5, 0.6) is 5.75 Å².